The van der Waals surface area contributed by atoms with E-state index in [1.165, 1.54) is 16.8 Å². The zero-order valence-corrected chi connectivity index (χ0v) is 13.3. The van der Waals surface area contributed by atoms with E-state index in [1.54, 1.807) is 14.0 Å². The first-order chi connectivity index (χ1) is 9.72. The van der Waals surface area contributed by atoms with Gasteiger partial charge in [0.25, 0.3) is 0 Å². The van der Waals surface area contributed by atoms with Crippen LogP contribution in [0.1, 0.15) is 31.5 Å². The number of nitrogens with one attached hydrogen (secondary N) is 1. The molecule has 1 rings (SSSR count). The molecule has 0 bridgehead atoms. The van der Waals surface area contributed by atoms with Crippen LogP contribution in [0.15, 0.2) is 6.08 Å². The van der Waals surface area contributed by atoms with Crippen LogP contribution in [-0.4, -0.2) is 32.8 Å². The second kappa shape index (κ2) is 7.26. The van der Waals surface area contributed by atoms with Gasteiger partial charge in [0, 0.05) is 18.7 Å². The van der Waals surface area contributed by atoms with Crippen molar-refractivity contribution in [3.05, 3.63) is 22.5 Å². The summed E-state index contributed by atoms with van der Waals surface area (Å²) in [6.45, 7) is 5.58. The maximum atomic E-state index is 11.8. The van der Waals surface area contributed by atoms with Crippen molar-refractivity contribution < 1.29 is 14.7 Å². The lowest BCUT2D eigenvalue weighted by molar-refractivity contribution is -0.141. The van der Waals surface area contributed by atoms with E-state index in [0.29, 0.717) is 22.8 Å². The molecule has 0 radical (unpaired) electrons. The van der Waals surface area contributed by atoms with E-state index in [9.17, 15) is 9.59 Å². The van der Waals surface area contributed by atoms with Crippen LogP contribution >= 0.6 is 11.6 Å². The first-order valence-corrected chi connectivity index (χ1v) is 7.00. The molecule has 1 aromatic heterocycles. The van der Waals surface area contributed by atoms with Crippen LogP contribution in [0.3, 0.4) is 0 Å². The normalized spacial score (nSPS) is 12.9. The van der Waals surface area contributed by atoms with Gasteiger partial charge in [0.05, 0.1) is 5.69 Å². The van der Waals surface area contributed by atoms with Gasteiger partial charge in [-0.1, -0.05) is 25.4 Å². The van der Waals surface area contributed by atoms with Crippen LogP contribution in [0.5, 0.6) is 0 Å². The molecule has 0 aliphatic carbocycles. The maximum absolute atomic E-state index is 11.8. The van der Waals surface area contributed by atoms with Gasteiger partial charge in [0.2, 0.25) is 5.91 Å². The van der Waals surface area contributed by atoms with Gasteiger partial charge in [0.15, 0.2) is 0 Å². The number of rotatable bonds is 6. The summed E-state index contributed by atoms with van der Waals surface area (Å²) in [4.78, 5) is 22.9. The average Bonchev–Trinajstić information content (AvgIpc) is 2.60. The molecule has 0 aromatic carbocycles. The zero-order valence-electron chi connectivity index (χ0n) is 12.6. The number of hydrogen-bond acceptors (Lipinski definition) is 3. The Morgan fingerprint density at radius 1 is 1.48 bits per heavy atom. The molecule has 0 unspecified atom stereocenters. The minimum Gasteiger partial charge on any atom is -0.480 e. The SMILES string of the molecule is Cc1nn(C)c(Cl)c1/C=C/C(=O)N[C@@H](CC(C)C)C(=O)O. The topological polar surface area (TPSA) is 84.2 Å². The predicted molar refractivity (Wildman–Crippen MR) is 81.0 cm³/mol. The van der Waals surface area contributed by atoms with Crippen molar-refractivity contribution in [1.29, 1.82) is 0 Å². The van der Waals surface area contributed by atoms with Crippen molar-refractivity contribution in [2.45, 2.75) is 33.2 Å². The van der Waals surface area contributed by atoms with E-state index < -0.39 is 17.9 Å². The number of amides is 1. The Bertz CT molecular complexity index is 564. The molecule has 7 heteroatoms. The molecule has 2 N–H and O–H groups in total. The van der Waals surface area contributed by atoms with Gasteiger partial charge in [0.1, 0.15) is 11.2 Å². The van der Waals surface area contributed by atoms with Crippen LogP contribution in [0.4, 0.5) is 0 Å². The first-order valence-electron chi connectivity index (χ1n) is 6.62. The lowest BCUT2D eigenvalue weighted by Gasteiger charge is -2.15. The highest BCUT2D eigenvalue weighted by Gasteiger charge is 2.20. The molecule has 0 aliphatic rings. The Hall–Kier alpha value is -1.82. The second-order valence-corrected chi connectivity index (χ2v) is 5.63. The number of carboxylic acid groups (broad SMARTS) is 1. The summed E-state index contributed by atoms with van der Waals surface area (Å²) in [5.41, 5.74) is 1.34. The molecule has 0 spiro atoms. The van der Waals surface area contributed by atoms with Crippen LogP contribution < -0.4 is 5.32 Å². The Morgan fingerprint density at radius 3 is 2.52 bits per heavy atom. The summed E-state index contributed by atoms with van der Waals surface area (Å²) in [7, 11) is 1.70. The van der Waals surface area contributed by atoms with Crippen molar-refractivity contribution in [3.63, 3.8) is 0 Å². The number of carbonyl (C=O) groups excluding carboxylic acids is 1. The Kier molecular flexibility index (Phi) is 5.96. The third-order valence-corrected chi connectivity index (χ3v) is 3.37. The summed E-state index contributed by atoms with van der Waals surface area (Å²) in [5, 5.41) is 16.1. The van der Waals surface area contributed by atoms with E-state index in [0.717, 1.165) is 0 Å². The fourth-order valence-corrected chi connectivity index (χ4v) is 2.15. The van der Waals surface area contributed by atoms with Gasteiger partial charge in [-0.15, -0.1) is 0 Å². The van der Waals surface area contributed by atoms with Gasteiger partial charge in [-0.25, -0.2) is 4.79 Å². The molecule has 0 saturated heterocycles. The van der Waals surface area contributed by atoms with E-state index in [4.69, 9.17) is 16.7 Å². The summed E-state index contributed by atoms with van der Waals surface area (Å²) in [6, 6.07) is -0.896. The molecule has 116 valence electrons. The van der Waals surface area contributed by atoms with E-state index in [1.807, 2.05) is 13.8 Å². The van der Waals surface area contributed by atoms with Gasteiger partial charge in [-0.3, -0.25) is 9.48 Å². The largest absolute Gasteiger partial charge is 0.480 e. The van der Waals surface area contributed by atoms with Crippen molar-refractivity contribution in [1.82, 2.24) is 15.1 Å². The van der Waals surface area contributed by atoms with E-state index in [-0.39, 0.29) is 5.92 Å². The summed E-state index contributed by atoms with van der Waals surface area (Å²) < 4.78 is 1.51. The number of carboxylic acids is 1. The summed E-state index contributed by atoms with van der Waals surface area (Å²) in [6.07, 6.45) is 3.18. The first kappa shape index (κ1) is 17.2. The number of aryl methyl sites for hydroxylation is 2. The highest BCUT2D eigenvalue weighted by Crippen LogP contribution is 2.19. The Labute approximate surface area is 128 Å². The fraction of sp³-hybridized carbons (Fsp3) is 0.500. The predicted octanol–water partition coefficient (Wildman–Crippen LogP) is 2.01. The standard InChI is InChI=1S/C14H20ClN3O3/c1-8(2)7-11(14(20)21)16-12(19)6-5-10-9(3)17-18(4)13(10)15/h5-6,8,11H,7H2,1-4H3,(H,16,19)(H,20,21)/b6-5+/t11-/m0/s1. The third kappa shape index (κ3) is 4.90. The van der Waals surface area contributed by atoms with E-state index >= 15 is 0 Å². The van der Waals surface area contributed by atoms with Crippen LogP contribution in [0.2, 0.25) is 5.15 Å². The number of nitrogens with zero attached hydrogens (tertiary/aromatic N) is 2. The molecular formula is C14H20ClN3O3. The fourth-order valence-electron chi connectivity index (χ4n) is 1.91. The highest BCUT2D eigenvalue weighted by molar-refractivity contribution is 6.31. The molecule has 1 amide bonds. The maximum Gasteiger partial charge on any atom is 0.326 e. The number of aliphatic carboxylic acids is 1. The highest BCUT2D eigenvalue weighted by atomic mass is 35.5. The average molecular weight is 314 g/mol. The second-order valence-electron chi connectivity index (χ2n) is 5.28. The lowest BCUT2D eigenvalue weighted by atomic mass is 10.0. The van der Waals surface area contributed by atoms with Crippen LogP contribution in [-0.2, 0) is 16.6 Å². The quantitative estimate of drug-likeness (QED) is 0.787. The molecular weight excluding hydrogens is 294 g/mol. The number of aromatic nitrogens is 2. The number of carbonyl (C=O) groups is 2. The molecule has 6 nitrogen and oxygen atoms in total. The van der Waals surface area contributed by atoms with Crippen molar-refractivity contribution in [3.8, 4) is 0 Å². The summed E-state index contributed by atoms with van der Waals surface area (Å²) in [5.74, 6) is -1.34. The molecule has 0 fully saturated rings. The van der Waals surface area contributed by atoms with Crippen molar-refractivity contribution >= 4 is 29.6 Å². The number of halogens is 1. The van der Waals surface area contributed by atoms with E-state index in [2.05, 4.69) is 10.4 Å². The smallest absolute Gasteiger partial charge is 0.326 e. The van der Waals surface area contributed by atoms with Crippen molar-refractivity contribution in [2.24, 2.45) is 13.0 Å². The molecule has 21 heavy (non-hydrogen) atoms. The van der Waals surface area contributed by atoms with Crippen molar-refractivity contribution in [2.75, 3.05) is 0 Å². The van der Waals surface area contributed by atoms with Gasteiger partial charge in [-0.05, 0) is 25.3 Å². The molecule has 1 atom stereocenters. The molecule has 0 aliphatic heterocycles. The van der Waals surface area contributed by atoms with Crippen LogP contribution in [0.25, 0.3) is 6.08 Å². The lowest BCUT2D eigenvalue weighted by Crippen LogP contribution is -2.40. The third-order valence-electron chi connectivity index (χ3n) is 2.92. The monoisotopic (exact) mass is 313 g/mol. The van der Waals surface area contributed by atoms with Crippen LogP contribution in [0, 0.1) is 12.8 Å². The molecule has 1 heterocycles. The molecule has 1 aromatic rings. The van der Waals surface area contributed by atoms with Gasteiger partial charge >= 0.3 is 5.97 Å². The van der Waals surface area contributed by atoms with Gasteiger partial charge in [-0.2, -0.15) is 5.10 Å². The minimum absolute atomic E-state index is 0.172. The Morgan fingerprint density at radius 2 is 2.10 bits per heavy atom. The Balaban J connectivity index is 2.76. The zero-order chi connectivity index (χ0) is 16.2. The summed E-state index contributed by atoms with van der Waals surface area (Å²) >= 11 is 6.05. The minimum atomic E-state index is -1.04. The number of hydrogen-bond donors (Lipinski definition) is 2. The molecule has 0 saturated carbocycles. The van der Waals surface area contributed by atoms with Gasteiger partial charge < -0.3 is 10.4 Å².